The predicted octanol–water partition coefficient (Wildman–Crippen LogP) is 5.86. The molecule has 0 amide bonds. The number of cyclic esters (lactones) is 1. The zero-order valence-electron chi connectivity index (χ0n) is 15.7. The van der Waals surface area contributed by atoms with E-state index >= 15 is 0 Å². The highest BCUT2D eigenvalue weighted by molar-refractivity contribution is 5.92. The zero-order valence-corrected chi connectivity index (χ0v) is 15.7. The van der Waals surface area contributed by atoms with Gasteiger partial charge in [-0.15, -0.1) is 0 Å². The summed E-state index contributed by atoms with van der Waals surface area (Å²) in [6.45, 7) is 4.39. The van der Waals surface area contributed by atoms with Crippen molar-refractivity contribution in [2.75, 3.05) is 0 Å². The van der Waals surface area contributed by atoms with Crippen LogP contribution < -0.4 is 0 Å². The molecule has 1 heterocycles. The molecule has 1 aromatic rings. The topological polar surface area (TPSA) is 26.3 Å². The van der Waals surface area contributed by atoms with Crippen molar-refractivity contribution in [1.29, 1.82) is 0 Å². The quantitative estimate of drug-likeness (QED) is 0.476. The van der Waals surface area contributed by atoms with E-state index < -0.39 is 5.97 Å². The summed E-state index contributed by atoms with van der Waals surface area (Å²) in [7, 11) is 0. The molecule has 1 aliphatic heterocycles. The Kier molecular flexibility index (Phi) is 6.14. The third-order valence-corrected chi connectivity index (χ3v) is 6.24. The van der Waals surface area contributed by atoms with Gasteiger partial charge in [0.05, 0.1) is 5.56 Å². The van der Waals surface area contributed by atoms with E-state index in [0.717, 1.165) is 43.6 Å². The van der Waals surface area contributed by atoms with Gasteiger partial charge in [-0.2, -0.15) is 0 Å². The summed E-state index contributed by atoms with van der Waals surface area (Å²) in [5.41, 5.74) is 1.70. The standard InChI is InChI=1S/C22H31FO2/c1-3-5-6-7-17-12-13-18-14-19(25-22(24)20(18)21(17)23)16-10-8-15(4-2)9-11-16/h12-13,15-16,19H,3-11,14H2,1-2H3. The first-order valence-electron chi connectivity index (χ1n) is 10.1. The van der Waals surface area contributed by atoms with Gasteiger partial charge < -0.3 is 4.74 Å². The second-order valence-corrected chi connectivity index (χ2v) is 7.87. The molecule has 2 aliphatic rings. The summed E-state index contributed by atoms with van der Waals surface area (Å²) < 4.78 is 20.5. The highest BCUT2D eigenvalue weighted by Crippen LogP contribution is 2.37. The Bertz CT molecular complexity index is 602. The number of halogens is 1. The second kappa shape index (κ2) is 8.33. The first-order chi connectivity index (χ1) is 12.1. The van der Waals surface area contributed by atoms with Crippen molar-refractivity contribution in [2.45, 2.75) is 84.2 Å². The fourth-order valence-electron chi connectivity index (χ4n) is 4.49. The molecule has 1 fully saturated rings. The Morgan fingerprint density at radius 3 is 2.56 bits per heavy atom. The molecule has 0 aromatic heterocycles. The molecule has 2 nitrogen and oxygen atoms in total. The third-order valence-electron chi connectivity index (χ3n) is 6.24. The molecule has 25 heavy (non-hydrogen) atoms. The third kappa shape index (κ3) is 4.07. The fraction of sp³-hybridized carbons (Fsp3) is 0.682. The van der Waals surface area contributed by atoms with Crippen LogP contribution in [0.1, 0.15) is 86.7 Å². The maximum atomic E-state index is 14.8. The lowest BCUT2D eigenvalue weighted by atomic mass is 9.76. The minimum atomic E-state index is -0.446. The summed E-state index contributed by atoms with van der Waals surface area (Å²) in [4.78, 5) is 12.5. The molecule has 1 aliphatic carbocycles. The molecule has 1 aromatic carbocycles. The highest BCUT2D eigenvalue weighted by atomic mass is 19.1. The zero-order chi connectivity index (χ0) is 17.8. The number of carbonyl (C=O) groups is 1. The Hall–Kier alpha value is -1.38. The monoisotopic (exact) mass is 346 g/mol. The molecule has 1 atom stereocenters. The number of unbranched alkanes of at least 4 members (excludes halogenated alkanes) is 2. The van der Waals surface area contributed by atoms with E-state index in [9.17, 15) is 9.18 Å². The van der Waals surface area contributed by atoms with Crippen LogP contribution >= 0.6 is 0 Å². The molecule has 0 spiro atoms. The summed E-state index contributed by atoms with van der Waals surface area (Å²) in [6.07, 6.45) is 10.4. The maximum absolute atomic E-state index is 14.8. The van der Waals surface area contributed by atoms with Crippen molar-refractivity contribution in [3.63, 3.8) is 0 Å². The largest absolute Gasteiger partial charge is 0.458 e. The van der Waals surface area contributed by atoms with Gasteiger partial charge in [-0.1, -0.05) is 58.1 Å². The predicted molar refractivity (Wildman–Crippen MR) is 98.3 cm³/mol. The van der Waals surface area contributed by atoms with E-state index in [1.54, 1.807) is 0 Å². The summed E-state index contributed by atoms with van der Waals surface area (Å²) >= 11 is 0. The first-order valence-corrected chi connectivity index (χ1v) is 10.1. The SMILES string of the molecule is CCCCCc1ccc2c(c1F)C(=O)OC(C1CCC(CC)CC1)C2. The smallest absolute Gasteiger partial charge is 0.341 e. The molecule has 0 saturated heterocycles. The van der Waals surface area contributed by atoms with Crippen LogP contribution in [0.2, 0.25) is 0 Å². The maximum Gasteiger partial charge on any atom is 0.341 e. The van der Waals surface area contributed by atoms with Gasteiger partial charge in [0.25, 0.3) is 0 Å². The normalized spacial score (nSPS) is 26.2. The van der Waals surface area contributed by atoms with Crippen LogP contribution in [0.25, 0.3) is 0 Å². The number of ether oxygens (including phenoxy) is 1. The Morgan fingerprint density at radius 1 is 1.12 bits per heavy atom. The molecule has 1 saturated carbocycles. The minimum absolute atomic E-state index is 0.0665. The Morgan fingerprint density at radius 2 is 1.88 bits per heavy atom. The van der Waals surface area contributed by atoms with Gasteiger partial charge >= 0.3 is 5.97 Å². The minimum Gasteiger partial charge on any atom is -0.458 e. The highest BCUT2D eigenvalue weighted by Gasteiger charge is 2.36. The molecule has 1 unspecified atom stereocenters. The lowest BCUT2D eigenvalue weighted by molar-refractivity contribution is -0.000792. The van der Waals surface area contributed by atoms with Crippen LogP contribution in [0.5, 0.6) is 0 Å². The first kappa shape index (κ1) is 18.4. The molecule has 0 radical (unpaired) electrons. The number of rotatable bonds is 6. The average Bonchev–Trinajstić information content (AvgIpc) is 2.63. The van der Waals surface area contributed by atoms with Crippen molar-refractivity contribution in [2.24, 2.45) is 11.8 Å². The Labute approximate surface area is 151 Å². The number of aryl methyl sites for hydroxylation is 1. The summed E-state index contributed by atoms with van der Waals surface area (Å²) in [5, 5.41) is 0. The number of carbonyl (C=O) groups excluding carboxylic acids is 1. The average molecular weight is 346 g/mol. The molecular formula is C22H31FO2. The van der Waals surface area contributed by atoms with Gasteiger partial charge in [-0.3, -0.25) is 0 Å². The van der Waals surface area contributed by atoms with Crippen LogP contribution in [-0.4, -0.2) is 12.1 Å². The number of hydrogen-bond donors (Lipinski definition) is 0. The Balaban J connectivity index is 1.71. The number of esters is 1. The van der Waals surface area contributed by atoms with Crippen molar-refractivity contribution < 1.29 is 13.9 Å². The van der Waals surface area contributed by atoms with Gasteiger partial charge in [0.2, 0.25) is 0 Å². The summed E-state index contributed by atoms with van der Waals surface area (Å²) in [6, 6.07) is 3.85. The summed E-state index contributed by atoms with van der Waals surface area (Å²) in [5.74, 6) is 0.476. The van der Waals surface area contributed by atoms with Crippen molar-refractivity contribution in [3.8, 4) is 0 Å². The lowest BCUT2D eigenvalue weighted by Gasteiger charge is -2.35. The molecule has 3 heteroatoms. The number of hydrogen-bond acceptors (Lipinski definition) is 2. The van der Waals surface area contributed by atoms with E-state index in [-0.39, 0.29) is 17.5 Å². The van der Waals surface area contributed by atoms with Gasteiger partial charge in [0.1, 0.15) is 11.9 Å². The molecule has 0 bridgehead atoms. The van der Waals surface area contributed by atoms with E-state index in [1.807, 2.05) is 12.1 Å². The van der Waals surface area contributed by atoms with Gasteiger partial charge in [0, 0.05) is 6.42 Å². The second-order valence-electron chi connectivity index (χ2n) is 7.87. The van der Waals surface area contributed by atoms with E-state index in [1.165, 1.54) is 19.3 Å². The van der Waals surface area contributed by atoms with Gasteiger partial charge in [-0.25, -0.2) is 9.18 Å². The van der Waals surface area contributed by atoms with Crippen LogP contribution in [0.3, 0.4) is 0 Å². The number of fused-ring (bicyclic) bond motifs is 1. The van der Waals surface area contributed by atoms with Crippen molar-refractivity contribution in [3.05, 3.63) is 34.6 Å². The van der Waals surface area contributed by atoms with Crippen LogP contribution in [0, 0.1) is 17.7 Å². The molecule has 0 N–H and O–H groups in total. The van der Waals surface area contributed by atoms with E-state index in [2.05, 4.69) is 13.8 Å². The van der Waals surface area contributed by atoms with Gasteiger partial charge in [-0.05, 0) is 48.6 Å². The van der Waals surface area contributed by atoms with Gasteiger partial charge in [0.15, 0.2) is 0 Å². The van der Waals surface area contributed by atoms with E-state index in [0.29, 0.717) is 24.3 Å². The van der Waals surface area contributed by atoms with Crippen LogP contribution in [-0.2, 0) is 17.6 Å². The van der Waals surface area contributed by atoms with Crippen LogP contribution in [0.15, 0.2) is 12.1 Å². The van der Waals surface area contributed by atoms with Crippen molar-refractivity contribution in [1.82, 2.24) is 0 Å². The lowest BCUT2D eigenvalue weighted by Crippen LogP contribution is -2.36. The van der Waals surface area contributed by atoms with Crippen molar-refractivity contribution >= 4 is 5.97 Å². The molecular weight excluding hydrogens is 315 g/mol. The van der Waals surface area contributed by atoms with Crippen LogP contribution in [0.4, 0.5) is 4.39 Å². The molecule has 3 rings (SSSR count). The molecule has 138 valence electrons. The fourth-order valence-corrected chi connectivity index (χ4v) is 4.49. The number of benzene rings is 1. The van der Waals surface area contributed by atoms with E-state index in [4.69, 9.17) is 4.74 Å².